The highest BCUT2D eigenvalue weighted by atomic mass is 79.9. The van der Waals surface area contributed by atoms with Gasteiger partial charge in [-0.2, -0.15) is 0 Å². The number of halogens is 2. The van der Waals surface area contributed by atoms with Crippen LogP contribution in [0.1, 0.15) is 23.7 Å². The number of rotatable bonds is 2. The lowest BCUT2D eigenvalue weighted by atomic mass is 10.0. The minimum Gasteiger partial charge on any atom is -0.394 e. The summed E-state index contributed by atoms with van der Waals surface area (Å²) in [6, 6.07) is 3.78. The van der Waals surface area contributed by atoms with Crippen molar-refractivity contribution in [1.82, 2.24) is 0 Å². The molecule has 2 N–H and O–H groups in total. The molecular formula is C12H14BrClO3. The van der Waals surface area contributed by atoms with Crippen molar-refractivity contribution in [2.45, 2.75) is 31.7 Å². The number of benzene rings is 1. The maximum Gasteiger partial charge on any atom is 0.107 e. The molecular weight excluding hydrogens is 307 g/mol. The van der Waals surface area contributed by atoms with Crippen LogP contribution in [0.5, 0.6) is 0 Å². The highest BCUT2D eigenvalue weighted by Crippen LogP contribution is 2.38. The van der Waals surface area contributed by atoms with Gasteiger partial charge in [0.2, 0.25) is 0 Å². The van der Waals surface area contributed by atoms with Crippen molar-refractivity contribution in [3.63, 3.8) is 0 Å². The lowest BCUT2D eigenvalue weighted by molar-refractivity contribution is -0.0225. The van der Waals surface area contributed by atoms with E-state index in [9.17, 15) is 5.11 Å². The second-order valence-corrected chi connectivity index (χ2v) is 5.53. The maximum absolute atomic E-state index is 9.70. The molecule has 0 unspecified atom stereocenters. The van der Waals surface area contributed by atoms with E-state index in [2.05, 4.69) is 15.9 Å². The van der Waals surface area contributed by atoms with E-state index in [0.29, 0.717) is 11.4 Å². The van der Waals surface area contributed by atoms with E-state index in [-0.39, 0.29) is 12.7 Å². The predicted octanol–water partition coefficient (Wildman–Crippen LogP) is 2.59. The predicted molar refractivity (Wildman–Crippen MR) is 69.2 cm³/mol. The smallest absolute Gasteiger partial charge is 0.107 e. The maximum atomic E-state index is 9.70. The van der Waals surface area contributed by atoms with E-state index in [1.54, 1.807) is 0 Å². The molecule has 94 valence electrons. The molecule has 5 heteroatoms. The van der Waals surface area contributed by atoms with Gasteiger partial charge in [0, 0.05) is 15.9 Å². The van der Waals surface area contributed by atoms with Crippen LogP contribution in [0.15, 0.2) is 16.6 Å². The van der Waals surface area contributed by atoms with E-state index >= 15 is 0 Å². The third-order valence-corrected chi connectivity index (χ3v) is 4.21. The first-order chi connectivity index (χ1) is 8.02. The monoisotopic (exact) mass is 320 g/mol. The summed E-state index contributed by atoms with van der Waals surface area (Å²) in [5.41, 5.74) is 1.93. The zero-order valence-corrected chi connectivity index (χ0v) is 11.7. The van der Waals surface area contributed by atoms with Crippen LogP contribution in [0.3, 0.4) is 0 Å². The fourth-order valence-corrected chi connectivity index (χ4v) is 2.78. The number of aryl methyl sites for hydroxylation is 1. The molecule has 0 aliphatic carbocycles. The van der Waals surface area contributed by atoms with Crippen LogP contribution in [0, 0.1) is 6.92 Å². The molecule has 1 aromatic carbocycles. The first kappa shape index (κ1) is 13.3. The van der Waals surface area contributed by atoms with Crippen LogP contribution in [0.2, 0.25) is 5.02 Å². The van der Waals surface area contributed by atoms with Crippen LogP contribution in [0.25, 0.3) is 0 Å². The van der Waals surface area contributed by atoms with E-state index in [0.717, 1.165) is 15.6 Å². The summed E-state index contributed by atoms with van der Waals surface area (Å²) >= 11 is 9.58. The molecule has 1 aromatic rings. The van der Waals surface area contributed by atoms with Gasteiger partial charge in [-0.05, 0) is 24.1 Å². The Morgan fingerprint density at radius 2 is 2.24 bits per heavy atom. The summed E-state index contributed by atoms with van der Waals surface area (Å²) in [4.78, 5) is 0. The Morgan fingerprint density at radius 1 is 1.53 bits per heavy atom. The molecule has 3 atom stereocenters. The first-order valence-electron chi connectivity index (χ1n) is 5.43. The SMILES string of the molecule is Cc1cc([C@H]2C[C@H](O)[C@@H](CO)O2)c(Cl)cc1Br. The van der Waals surface area contributed by atoms with Crippen LogP contribution in [-0.2, 0) is 4.74 Å². The van der Waals surface area contributed by atoms with Gasteiger partial charge in [-0.3, -0.25) is 0 Å². The molecule has 0 radical (unpaired) electrons. The molecule has 1 aliphatic heterocycles. The zero-order valence-electron chi connectivity index (χ0n) is 9.36. The minimum atomic E-state index is -0.634. The van der Waals surface area contributed by atoms with Crippen molar-refractivity contribution in [2.75, 3.05) is 6.61 Å². The molecule has 3 nitrogen and oxygen atoms in total. The number of hydrogen-bond donors (Lipinski definition) is 2. The van der Waals surface area contributed by atoms with Crippen LogP contribution in [0.4, 0.5) is 0 Å². The largest absolute Gasteiger partial charge is 0.394 e. The number of ether oxygens (including phenoxy) is 1. The summed E-state index contributed by atoms with van der Waals surface area (Å²) < 4.78 is 6.53. The third-order valence-electron chi connectivity index (χ3n) is 3.03. The van der Waals surface area contributed by atoms with Crippen molar-refractivity contribution in [2.24, 2.45) is 0 Å². The molecule has 0 aromatic heterocycles. The summed E-state index contributed by atoms with van der Waals surface area (Å²) in [7, 11) is 0. The van der Waals surface area contributed by atoms with Crippen molar-refractivity contribution in [3.05, 3.63) is 32.8 Å². The molecule has 1 saturated heterocycles. The highest BCUT2D eigenvalue weighted by Gasteiger charge is 2.35. The Labute approximate surface area is 113 Å². The Morgan fingerprint density at radius 3 is 2.82 bits per heavy atom. The average Bonchev–Trinajstić information content (AvgIpc) is 2.65. The number of aliphatic hydroxyl groups is 2. The molecule has 1 fully saturated rings. The van der Waals surface area contributed by atoms with Crippen molar-refractivity contribution < 1.29 is 14.9 Å². The quantitative estimate of drug-likeness (QED) is 0.880. The second kappa shape index (κ2) is 5.24. The molecule has 0 bridgehead atoms. The third kappa shape index (κ3) is 2.66. The molecule has 17 heavy (non-hydrogen) atoms. The molecule has 1 heterocycles. The second-order valence-electron chi connectivity index (χ2n) is 4.27. The van der Waals surface area contributed by atoms with Crippen molar-refractivity contribution in [1.29, 1.82) is 0 Å². The van der Waals surface area contributed by atoms with Crippen LogP contribution < -0.4 is 0 Å². The van der Waals surface area contributed by atoms with Crippen molar-refractivity contribution in [3.8, 4) is 0 Å². The van der Waals surface area contributed by atoms with Gasteiger partial charge in [-0.25, -0.2) is 0 Å². The van der Waals surface area contributed by atoms with Gasteiger partial charge >= 0.3 is 0 Å². The first-order valence-corrected chi connectivity index (χ1v) is 6.60. The molecule has 0 saturated carbocycles. The summed E-state index contributed by atoms with van der Waals surface area (Å²) in [6.07, 6.45) is -0.932. The number of hydrogen-bond acceptors (Lipinski definition) is 3. The van der Waals surface area contributed by atoms with Gasteiger partial charge in [0.15, 0.2) is 0 Å². The minimum absolute atomic E-state index is 0.176. The zero-order chi connectivity index (χ0) is 12.6. The Kier molecular flexibility index (Phi) is 4.10. The van der Waals surface area contributed by atoms with E-state index in [4.69, 9.17) is 21.4 Å². The molecule has 2 rings (SSSR count). The topological polar surface area (TPSA) is 49.7 Å². The summed E-state index contributed by atoms with van der Waals surface area (Å²) in [5, 5.41) is 19.4. The standard InChI is InChI=1S/C12H14BrClO3/c1-6-2-7(9(14)3-8(6)13)11-4-10(16)12(5-15)17-11/h2-3,10-12,15-16H,4-5H2,1H3/t10-,11+,12+/m0/s1. The molecule has 0 spiro atoms. The lowest BCUT2D eigenvalue weighted by Gasteiger charge is -2.15. The molecule has 1 aliphatic rings. The Hall–Kier alpha value is -0.130. The van der Waals surface area contributed by atoms with Gasteiger partial charge in [0.05, 0.1) is 18.8 Å². The number of aliphatic hydroxyl groups excluding tert-OH is 2. The normalized spacial score (nSPS) is 28.6. The van der Waals surface area contributed by atoms with Crippen LogP contribution >= 0.6 is 27.5 Å². The van der Waals surface area contributed by atoms with E-state index < -0.39 is 12.2 Å². The lowest BCUT2D eigenvalue weighted by Crippen LogP contribution is -2.24. The van der Waals surface area contributed by atoms with Gasteiger partial charge < -0.3 is 14.9 Å². The Balaban J connectivity index is 2.27. The fraction of sp³-hybridized carbons (Fsp3) is 0.500. The summed E-state index contributed by atoms with van der Waals surface area (Å²) in [6.45, 7) is 1.80. The fourth-order valence-electron chi connectivity index (χ4n) is 2.02. The van der Waals surface area contributed by atoms with E-state index in [1.807, 2.05) is 19.1 Å². The van der Waals surface area contributed by atoms with Gasteiger partial charge in [-0.15, -0.1) is 0 Å². The highest BCUT2D eigenvalue weighted by molar-refractivity contribution is 9.10. The van der Waals surface area contributed by atoms with E-state index in [1.165, 1.54) is 0 Å². The van der Waals surface area contributed by atoms with Gasteiger partial charge in [0.1, 0.15) is 6.10 Å². The summed E-state index contributed by atoms with van der Waals surface area (Å²) in [5.74, 6) is 0. The average molecular weight is 322 g/mol. The Bertz CT molecular complexity index is 424. The van der Waals surface area contributed by atoms with Crippen molar-refractivity contribution >= 4 is 27.5 Å². The molecule has 0 amide bonds. The van der Waals surface area contributed by atoms with Gasteiger partial charge in [-0.1, -0.05) is 33.6 Å². The van der Waals surface area contributed by atoms with Crippen LogP contribution in [-0.4, -0.2) is 29.0 Å². The van der Waals surface area contributed by atoms with Gasteiger partial charge in [0.25, 0.3) is 0 Å².